The minimum atomic E-state index is -2.83. The lowest BCUT2D eigenvalue weighted by Gasteiger charge is -2.07. The second-order valence-electron chi connectivity index (χ2n) is 2.21. The summed E-state index contributed by atoms with van der Waals surface area (Å²) in [5.74, 6) is -0.442. The fraction of sp³-hybridized carbons (Fsp3) is 0.286. The number of hydrogen-bond donors (Lipinski definition) is 1. The van der Waals surface area contributed by atoms with Gasteiger partial charge in [0.1, 0.15) is 0 Å². The summed E-state index contributed by atoms with van der Waals surface area (Å²) in [4.78, 5) is 13.1. The summed E-state index contributed by atoms with van der Waals surface area (Å²) in [6, 6.07) is 0. The number of halogens is 3. The first kappa shape index (κ1) is 9.98. The third-order valence-corrected chi connectivity index (χ3v) is 1.77. The van der Waals surface area contributed by atoms with E-state index in [0.717, 1.165) is 13.3 Å². The van der Waals surface area contributed by atoms with Crippen LogP contribution in [0.3, 0.4) is 0 Å². The fourth-order valence-corrected chi connectivity index (χ4v) is 1.13. The van der Waals surface area contributed by atoms with Crippen LogP contribution in [0, 0.1) is 0 Å². The summed E-state index contributed by atoms with van der Waals surface area (Å²) in [5.41, 5.74) is -1.30. The number of pyridine rings is 1. The zero-order valence-corrected chi connectivity index (χ0v) is 7.36. The van der Waals surface area contributed by atoms with Crippen molar-refractivity contribution in [2.45, 2.75) is 6.43 Å². The first-order valence-corrected chi connectivity index (χ1v) is 3.69. The molecule has 1 N–H and O–H groups in total. The molecule has 0 bridgehead atoms. The van der Waals surface area contributed by atoms with Gasteiger partial charge in [-0.05, 0) is 0 Å². The largest absolute Gasteiger partial charge is 0.491 e. The number of rotatable bonds is 2. The first-order valence-electron chi connectivity index (χ1n) is 3.31. The zero-order valence-electron chi connectivity index (χ0n) is 6.61. The lowest BCUT2D eigenvalue weighted by molar-refractivity contribution is 0.146. The van der Waals surface area contributed by atoms with Crippen molar-refractivity contribution in [3.05, 3.63) is 27.1 Å². The van der Waals surface area contributed by atoms with E-state index in [1.54, 1.807) is 0 Å². The second kappa shape index (κ2) is 3.74. The van der Waals surface area contributed by atoms with Crippen molar-refractivity contribution in [1.29, 1.82) is 0 Å². The minimum Gasteiger partial charge on any atom is -0.491 e. The molecule has 0 atom stereocenters. The Labute approximate surface area is 77.3 Å². The second-order valence-corrected chi connectivity index (χ2v) is 2.62. The normalized spacial score (nSPS) is 10.5. The summed E-state index contributed by atoms with van der Waals surface area (Å²) in [6.07, 6.45) is -1.82. The fourth-order valence-electron chi connectivity index (χ4n) is 0.909. The van der Waals surface area contributed by atoms with Crippen LogP contribution >= 0.6 is 11.6 Å². The Kier molecular flexibility index (Phi) is 2.87. The quantitative estimate of drug-likeness (QED) is 0.809. The molecular formula is C7H6ClF2NO2. The van der Waals surface area contributed by atoms with Gasteiger partial charge in [0, 0.05) is 6.20 Å². The van der Waals surface area contributed by atoms with Crippen LogP contribution in [-0.2, 0) is 0 Å². The summed E-state index contributed by atoms with van der Waals surface area (Å²) >= 11 is 5.44. The Balaban J connectivity index is 3.44. The van der Waals surface area contributed by atoms with Gasteiger partial charge in [0.2, 0.25) is 0 Å². The van der Waals surface area contributed by atoms with Gasteiger partial charge in [-0.2, -0.15) is 0 Å². The van der Waals surface area contributed by atoms with Crippen LogP contribution in [0.2, 0.25) is 5.02 Å². The average Bonchev–Trinajstić information content (AvgIpc) is 2.07. The highest BCUT2D eigenvalue weighted by Crippen LogP contribution is 2.31. The van der Waals surface area contributed by atoms with Crippen LogP contribution in [0.1, 0.15) is 12.0 Å². The third kappa shape index (κ3) is 1.80. The highest BCUT2D eigenvalue weighted by Gasteiger charge is 2.20. The van der Waals surface area contributed by atoms with Crippen molar-refractivity contribution >= 4 is 11.6 Å². The van der Waals surface area contributed by atoms with Gasteiger partial charge in [0.15, 0.2) is 5.75 Å². The van der Waals surface area contributed by atoms with Crippen LogP contribution < -0.4 is 10.3 Å². The van der Waals surface area contributed by atoms with E-state index in [1.807, 2.05) is 0 Å². The number of ether oxygens (including phenoxy) is 1. The molecular weight excluding hydrogens is 204 g/mol. The highest BCUT2D eigenvalue weighted by molar-refractivity contribution is 6.31. The van der Waals surface area contributed by atoms with Crippen molar-refractivity contribution in [2.24, 2.45) is 0 Å². The van der Waals surface area contributed by atoms with Crippen molar-refractivity contribution in [2.75, 3.05) is 7.11 Å². The van der Waals surface area contributed by atoms with E-state index >= 15 is 0 Å². The van der Waals surface area contributed by atoms with Gasteiger partial charge < -0.3 is 9.72 Å². The maximum Gasteiger partial charge on any atom is 0.290 e. The molecule has 3 nitrogen and oxygen atoms in total. The Morgan fingerprint density at radius 2 is 2.23 bits per heavy atom. The molecule has 0 saturated carbocycles. The number of aromatic amines is 1. The topological polar surface area (TPSA) is 42.1 Å². The van der Waals surface area contributed by atoms with E-state index < -0.39 is 23.3 Å². The molecule has 0 aliphatic carbocycles. The summed E-state index contributed by atoms with van der Waals surface area (Å²) in [6.45, 7) is 0. The van der Waals surface area contributed by atoms with Gasteiger partial charge >= 0.3 is 0 Å². The molecule has 6 heteroatoms. The summed E-state index contributed by atoms with van der Waals surface area (Å²) in [7, 11) is 1.13. The van der Waals surface area contributed by atoms with E-state index in [4.69, 9.17) is 11.6 Å². The number of H-pyrrole nitrogens is 1. The van der Waals surface area contributed by atoms with Crippen molar-refractivity contribution in [3.8, 4) is 5.75 Å². The van der Waals surface area contributed by atoms with Crippen LogP contribution in [0.25, 0.3) is 0 Å². The van der Waals surface area contributed by atoms with Gasteiger partial charge in [-0.15, -0.1) is 0 Å². The lowest BCUT2D eigenvalue weighted by atomic mass is 10.2. The molecule has 0 fully saturated rings. The molecule has 72 valence electrons. The predicted octanol–water partition coefficient (Wildman–Crippen LogP) is 1.97. The molecule has 0 aliphatic heterocycles. The highest BCUT2D eigenvalue weighted by atomic mass is 35.5. The van der Waals surface area contributed by atoms with E-state index in [0.29, 0.717) is 0 Å². The maximum absolute atomic E-state index is 12.3. The Bertz CT molecular complexity index is 364. The third-order valence-electron chi connectivity index (χ3n) is 1.46. The zero-order chi connectivity index (χ0) is 10.0. The lowest BCUT2D eigenvalue weighted by Crippen LogP contribution is -2.12. The van der Waals surface area contributed by atoms with Gasteiger partial charge in [-0.3, -0.25) is 4.79 Å². The minimum absolute atomic E-state index is 0.216. The smallest absolute Gasteiger partial charge is 0.290 e. The molecule has 1 heterocycles. The van der Waals surface area contributed by atoms with E-state index in [-0.39, 0.29) is 5.02 Å². The molecule has 0 saturated heterocycles. The molecule has 0 radical (unpaired) electrons. The van der Waals surface area contributed by atoms with Crippen LogP contribution in [0.15, 0.2) is 11.0 Å². The molecule has 0 amide bonds. The standard InChI is InChI=1S/C7H6ClF2NO2/c1-13-5-4(6(9)10)3(8)2-11-7(5)12/h2,6H,1H3,(H,11,12). The van der Waals surface area contributed by atoms with Gasteiger partial charge in [-0.1, -0.05) is 11.6 Å². The molecule has 0 spiro atoms. The van der Waals surface area contributed by atoms with Crippen LogP contribution in [0.5, 0.6) is 5.75 Å². The number of hydrogen-bond acceptors (Lipinski definition) is 2. The summed E-state index contributed by atoms with van der Waals surface area (Å²) in [5, 5.41) is -0.216. The first-order chi connectivity index (χ1) is 6.07. The molecule has 13 heavy (non-hydrogen) atoms. The van der Waals surface area contributed by atoms with Gasteiger partial charge in [-0.25, -0.2) is 8.78 Å². The number of alkyl halides is 2. The summed E-state index contributed by atoms with van der Waals surface area (Å²) < 4.78 is 29.2. The Morgan fingerprint density at radius 3 is 2.62 bits per heavy atom. The van der Waals surface area contributed by atoms with Crippen molar-refractivity contribution in [3.63, 3.8) is 0 Å². The predicted molar refractivity (Wildman–Crippen MR) is 43.6 cm³/mol. The molecule has 1 aromatic heterocycles. The molecule has 0 unspecified atom stereocenters. The Hall–Kier alpha value is -1.10. The van der Waals surface area contributed by atoms with Crippen molar-refractivity contribution in [1.82, 2.24) is 4.98 Å². The SMILES string of the molecule is COc1c(C(F)F)c(Cl)c[nH]c1=O. The molecule has 0 aromatic carbocycles. The van der Waals surface area contributed by atoms with E-state index in [2.05, 4.69) is 9.72 Å². The molecule has 1 aromatic rings. The monoisotopic (exact) mass is 209 g/mol. The van der Waals surface area contributed by atoms with E-state index in [1.165, 1.54) is 0 Å². The molecule has 1 rings (SSSR count). The molecule has 0 aliphatic rings. The average molecular weight is 210 g/mol. The van der Waals surface area contributed by atoms with Gasteiger partial charge in [0.05, 0.1) is 17.7 Å². The van der Waals surface area contributed by atoms with E-state index in [9.17, 15) is 13.6 Å². The number of methoxy groups -OCH3 is 1. The van der Waals surface area contributed by atoms with Crippen molar-refractivity contribution < 1.29 is 13.5 Å². The number of aromatic nitrogens is 1. The van der Waals surface area contributed by atoms with Crippen LogP contribution in [-0.4, -0.2) is 12.1 Å². The number of nitrogens with one attached hydrogen (secondary N) is 1. The Morgan fingerprint density at radius 1 is 1.62 bits per heavy atom. The maximum atomic E-state index is 12.3. The van der Waals surface area contributed by atoms with Gasteiger partial charge in [0.25, 0.3) is 12.0 Å². The van der Waals surface area contributed by atoms with Crippen LogP contribution in [0.4, 0.5) is 8.78 Å².